The maximum atomic E-state index is 13.4. The Bertz CT molecular complexity index is 1560. The van der Waals surface area contributed by atoms with Crippen LogP contribution in [0.15, 0.2) is 48.7 Å². The monoisotopic (exact) mass is 505 g/mol. The van der Waals surface area contributed by atoms with Crippen LogP contribution in [0.3, 0.4) is 0 Å². The van der Waals surface area contributed by atoms with Gasteiger partial charge in [-0.3, -0.25) is 9.59 Å². The number of carbonyl (C=O) groups is 3. The maximum Gasteiger partial charge on any atom is 0.335 e. The second-order valence-corrected chi connectivity index (χ2v) is 8.76. The van der Waals surface area contributed by atoms with Crippen LogP contribution in [0.1, 0.15) is 66.1 Å². The van der Waals surface area contributed by atoms with Gasteiger partial charge in [0.25, 0.3) is 11.8 Å². The van der Waals surface area contributed by atoms with Gasteiger partial charge in [0.15, 0.2) is 5.65 Å². The highest BCUT2D eigenvalue weighted by molar-refractivity contribution is 5.98. The van der Waals surface area contributed by atoms with Crippen LogP contribution in [0.5, 0.6) is 0 Å². The molecule has 0 aliphatic heterocycles. The molecule has 2 aromatic carbocycles. The lowest BCUT2D eigenvalue weighted by Crippen LogP contribution is -2.30. The van der Waals surface area contributed by atoms with Gasteiger partial charge in [-0.05, 0) is 60.2 Å². The minimum Gasteiger partial charge on any atom is -0.478 e. The molecule has 188 valence electrons. The van der Waals surface area contributed by atoms with Gasteiger partial charge in [0, 0.05) is 24.7 Å². The smallest absolute Gasteiger partial charge is 0.335 e. The minimum atomic E-state index is -1.00. The molecule has 1 atom stereocenters. The summed E-state index contributed by atoms with van der Waals surface area (Å²) in [6.45, 7) is 1.61. The molecule has 11 heteroatoms. The van der Waals surface area contributed by atoms with E-state index in [0.29, 0.717) is 18.4 Å². The van der Waals surface area contributed by atoms with E-state index in [1.807, 2.05) is 0 Å². The van der Waals surface area contributed by atoms with Crippen molar-refractivity contribution in [2.24, 2.45) is 0 Å². The molecule has 37 heavy (non-hydrogen) atoms. The van der Waals surface area contributed by atoms with Gasteiger partial charge >= 0.3 is 5.97 Å². The number of hydrogen-bond donors (Lipinski definition) is 3. The molecule has 0 saturated carbocycles. The van der Waals surface area contributed by atoms with Gasteiger partial charge in [-0.25, -0.2) is 23.1 Å². The third-order valence-corrected chi connectivity index (χ3v) is 6.43. The van der Waals surface area contributed by atoms with Gasteiger partial charge in [-0.1, -0.05) is 6.07 Å². The maximum absolute atomic E-state index is 13.4. The summed E-state index contributed by atoms with van der Waals surface area (Å²) < 4.78 is 28.2. The molecule has 1 aliphatic rings. The molecule has 0 unspecified atom stereocenters. The zero-order valence-electron chi connectivity index (χ0n) is 19.6. The van der Waals surface area contributed by atoms with Gasteiger partial charge in [0.2, 0.25) is 0 Å². The number of nitrogens with zero attached hydrogens (tertiary/aromatic N) is 3. The first kappa shape index (κ1) is 24.0. The number of aromatic nitrogens is 3. The summed E-state index contributed by atoms with van der Waals surface area (Å²) in [6, 6.07) is 8.69. The van der Waals surface area contributed by atoms with Crippen LogP contribution in [0, 0.1) is 18.6 Å². The summed E-state index contributed by atoms with van der Waals surface area (Å²) in [5, 5.41) is 19.0. The molecule has 5 rings (SSSR count). The molecule has 0 fully saturated rings. The predicted molar refractivity (Wildman–Crippen MR) is 127 cm³/mol. The van der Waals surface area contributed by atoms with Crippen LogP contribution in [0.25, 0.3) is 5.65 Å². The van der Waals surface area contributed by atoms with E-state index in [9.17, 15) is 28.3 Å². The van der Waals surface area contributed by atoms with Gasteiger partial charge in [-0.2, -0.15) is 5.10 Å². The Balaban J connectivity index is 1.38. The average molecular weight is 505 g/mol. The van der Waals surface area contributed by atoms with Crippen LogP contribution < -0.4 is 10.6 Å². The molecule has 0 saturated heterocycles. The van der Waals surface area contributed by atoms with Crippen molar-refractivity contribution in [1.82, 2.24) is 25.2 Å². The molecule has 4 aromatic rings. The number of carbonyl (C=O) groups excluding carboxylic acids is 2. The molecule has 9 nitrogen and oxygen atoms in total. The van der Waals surface area contributed by atoms with Crippen LogP contribution in [-0.4, -0.2) is 37.5 Å². The molecule has 2 aromatic heterocycles. The first-order valence-electron chi connectivity index (χ1n) is 11.5. The van der Waals surface area contributed by atoms with Gasteiger partial charge in [0.1, 0.15) is 23.0 Å². The first-order valence-corrected chi connectivity index (χ1v) is 11.5. The Labute approximate surface area is 209 Å². The van der Waals surface area contributed by atoms with E-state index in [1.54, 1.807) is 13.0 Å². The van der Waals surface area contributed by atoms with Crippen LogP contribution in [0.2, 0.25) is 0 Å². The van der Waals surface area contributed by atoms with Gasteiger partial charge in [0.05, 0.1) is 17.8 Å². The fourth-order valence-electron chi connectivity index (χ4n) is 4.67. The van der Waals surface area contributed by atoms with E-state index in [0.717, 1.165) is 29.3 Å². The van der Waals surface area contributed by atoms with Crippen LogP contribution in [0.4, 0.5) is 8.78 Å². The minimum absolute atomic E-state index is 0.0659. The SMILES string of the molecule is Cc1c(C(=O)O)ccc2c1CC[C@@H]2NC(=O)c1cc(C(=O)NCc2cc(F)cc(F)c2)nc2ccnn12. The van der Waals surface area contributed by atoms with Crippen molar-refractivity contribution in [2.45, 2.75) is 32.4 Å². The summed E-state index contributed by atoms with van der Waals surface area (Å²) in [5.41, 5.74) is 3.17. The lowest BCUT2D eigenvalue weighted by molar-refractivity contribution is 0.0695. The van der Waals surface area contributed by atoms with Crippen molar-refractivity contribution in [1.29, 1.82) is 0 Å². The fraction of sp³-hybridized carbons (Fsp3) is 0.192. The van der Waals surface area contributed by atoms with E-state index >= 15 is 0 Å². The highest BCUT2D eigenvalue weighted by Gasteiger charge is 2.28. The molecule has 2 amide bonds. The van der Waals surface area contributed by atoms with E-state index < -0.39 is 29.4 Å². The number of carboxylic acids is 1. The number of aromatic carboxylic acids is 1. The number of carboxylic acid groups (broad SMARTS) is 1. The number of nitrogens with one attached hydrogen (secondary N) is 2. The average Bonchev–Trinajstić information content (AvgIpc) is 3.49. The van der Waals surface area contributed by atoms with Crippen molar-refractivity contribution in [3.05, 3.63) is 99.5 Å². The molecular weight excluding hydrogens is 484 g/mol. The lowest BCUT2D eigenvalue weighted by atomic mass is 9.98. The number of hydrogen-bond acceptors (Lipinski definition) is 5. The van der Waals surface area contributed by atoms with Crippen molar-refractivity contribution < 1.29 is 28.3 Å². The summed E-state index contributed by atoms with van der Waals surface area (Å²) in [4.78, 5) is 41.8. The number of benzene rings is 2. The lowest BCUT2D eigenvalue weighted by Gasteiger charge is -2.16. The summed E-state index contributed by atoms with van der Waals surface area (Å²) in [5.74, 6) is -3.64. The Morgan fingerprint density at radius 3 is 2.57 bits per heavy atom. The number of fused-ring (bicyclic) bond motifs is 2. The third-order valence-electron chi connectivity index (χ3n) is 6.43. The second-order valence-electron chi connectivity index (χ2n) is 8.76. The Morgan fingerprint density at radius 1 is 1.08 bits per heavy atom. The Morgan fingerprint density at radius 2 is 1.84 bits per heavy atom. The molecule has 1 aliphatic carbocycles. The molecule has 0 radical (unpaired) electrons. The second kappa shape index (κ2) is 9.41. The van der Waals surface area contributed by atoms with Crippen molar-refractivity contribution in [3.8, 4) is 0 Å². The fourth-order valence-corrected chi connectivity index (χ4v) is 4.67. The zero-order valence-corrected chi connectivity index (χ0v) is 19.6. The van der Waals surface area contributed by atoms with Gasteiger partial charge in [-0.15, -0.1) is 0 Å². The topological polar surface area (TPSA) is 126 Å². The summed E-state index contributed by atoms with van der Waals surface area (Å²) in [6.07, 6.45) is 2.66. The van der Waals surface area contributed by atoms with E-state index in [-0.39, 0.29) is 40.7 Å². The first-order chi connectivity index (χ1) is 17.7. The molecule has 0 spiro atoms. The van der Waals surface area contributed by atoms with Crippen molar-refractivity contribution >= 4 is 23.4 Å². The van der Waals surface area contributed by atoms with Crippen molar-refractivity contribution in [3.63, 3.8) is 0 Å². The third kappa shape index (κ3) is 4.63. The largest absolute Gasteiger partial charge is 0.478 e. The van der Waals surface area contributed by atoms with E-state index in [2.05, 4.69) is 20.7 Å². The molecule has 0 bridgehead atoms. The number of halogens is 2. The Hall–Kier alpha value is -4.67. The summed E-state index contributed by atoms with van der Waals surface area (Å²) >= 11 is 0. The standard InChI is InChI=1S/C26H21F2N5O4/c1-13-17-4-5-20(19(17)3-2-18(13)26(36)37)32-25(35)22-11-21(31-23-6-7-30-33(22)23)24(34)29-12-14-8-15(27)10-16(28)9-14/h2-3,6-11,20H,4-5,12H2,1H3,(H,29,34)(H,32,35)(H,36,37)/t20-/m0/s1. The molecule has 2 heterocycles. The highest BCUT2D eigenvalue weighted by atomic mass is 19.1. The molecular formula is C26H21F2N5O4. The van der Waals surface area contributed by atoms with Crippen molar-refractivity contribution in [2.75, 3.05) is 0 Å². The highest BCUT2D eigenvalue weighted by Crippen LogP contribution is 2.35. The number of amides is 2. The van der Waals surface area contributed by atoms with Gasteiger partial charge < -0.3 is 15.7 Å². The number of rotatable bonds is 6. The predicted octanol–water partition coefficient (Wildman–Crippen LogP) is 3.36. The van der Waals surface area contributed by atoms with Crippen LogP contribution >= 0.6 is 0 Å². The quantitative estimate of drug-likeness (QED) is 0.369. The molecule has 3 N–H and O–H groups in total. The summed E-state index contributed by atoms with van der Waals surface area (Å²) in [7, 11) is 0. The van der Waals surface area contributed by atoms with E-state index in [4.69, 9.17) is 0 Å². The van der Waals surface area contributed by atoms with Crippen LogP contribution in [-0.2, 0) is 13.0 Å². The zero-order chi connectivity index (χ0) is 26.3. The normalized spacial score (nSPS) is 14.4. The Kier molecular flexibility index (Phi) is 6.12. The van der Waals surface area contributed by atoms with E-state index in [1.165, 1.54) is 28.9 Å².